The summed E-state index contributed by atoms with van der Waals surface area (Å²) in [4.78, 5) is 19.1. The van der Waals surface area contributed by atoms with Gasteiger partial charge < -0.3 is 5.11 Å². The maximum Gasteiger partial charge on any atom is 0.266 e. The van der Waals surface area contributed by atoms with Crippen LogP contribution in [0.4, 0.5) is 8.78 Å². The highest BCUT2D eigenvalue weighted by Crippen LogP contribution is 2.65. The molecular formula is C26H34F2N4O2. The number of ketones is 1. The third-order valence-corrected chi connectivity index (χ3v) is 10.4. The lowest BCUT2D eigenvalue weighted by atomic mass is 9.49. The van der Waals surface area contributed by atoms with E-state index in [1.165, 1.54) is 4.80 Å². The number of halogens is 2. The van der Waals surface area contributed by atoms with Crippen LogP contribution >= 0.6 is 0 Å². The van der Waals surface area contributed by atoms with Crippen molar-refractivity contribution in [1.82, 2.24) is 20.0 Å². The third kappa shape index (κ3) is 3.42. The molecule has 0 spiro atoms. The van der Waals surface area contributed by atoms with Gasteiger partial charge in [0.05, 0.1) is 6.20 Å². The lowest BCUT2D eigenvalue weighted by Crippen LogP contribution is -2.53. The molecule has 1 N–H and O–H groups in total. The minimum Gasteiger partial charge on any atom is -0.384 e. The Balaban J connectivity index is 1.17. The van der Waals surface area contributed by atoms with E-state index in [9.17, 15) is 18.7 Å². The van der Waals surface area contributed by atoms with Crippen LogP contribution in [-0.4, -0.2) is 42.9 Å². The number of nitrogens with zero attached hydrogens (tertiary/aromatic N) is 4. The maximum absolute atomic E-state index is 13.5. The van der Waals surface area contributed by atoms with E-state index in [1.807, 2.05) is 0 Å². The summed E-state index contributed by atoms with van der Waals surface area (Å²) in [5.41, 5.74) is -0.336. The molecule has 0 aromatic carbocycles. The summed E-state index contributed by atoms with van der Waals surface area (Å²) in [6, 6.07) is 1.81. The number of pyridine rings is 1. The van der Waals surface area contributed by atoms with Crippen molar-refractivity contribution in [3.63, 3.8) is 0 Å². The first-order valence-electron chi connectivity index (χ1n) is 13.0. The zero-order valence-corrected chi connectivity index (χ0v) is 19.7. The fraction of sp³-hybridized carbons (Fsp3) is 0.769. The SMILES string of the molecule is C[C@]12CC[C@H]3[C@@H](CC[C@@H]4C[C@@](O)(C(F)F)CC[C@@H]43)[C@@H]1CC[C@@H]2C(=O)Cn1nc2ccncc2n1. The molecule has 0 amide bonds. The third-order valence-electron chi connectivity index (χ3n) is 10.4. The van der Waals surface area contributed by atoms with Crippen molar-refractivity contribution in [3.05, 3.63) is 18.5 Å². The zero-order valence-electron chi connectivity index (χ0n) is 19.7. The number of alkyl halides is 2. The second-order valence-electron chi connectivity index (χ2n) is 11.8. The van der Waals surface area contributed by atoms with Crippen LogP contribution in [0.5, 0.6) is 0 Å². The Kier molecular flexibility index (Phi) is 5.32. The number of hydrogen-bond acceptors (Lipinski definition) is 5. The molecule has 0 aliphatic heterocycles. The van der Waals surface area contributed by atoms with Crippen molar-refractivity contribution in [2.24, 2.45) is 40.9 Å². The van der Waals surface area contributed by atoms with Crippen molar-refractivity contribution < 1.29 is 18.7 Å². The van der Waals surface area contributed by atoms with Crippen molar-refractivity contribution in [2.75, 3.05) is 0 Å². The lowest BCUT2D eigenvalue weighted by molar-refractivity contribution is -0.160. The van der Waals surface area contributed by atoms with Crippen LogP contribution in [0, 0.1) is 40.9 Å². The fourth-order valence-corrected chi connectivity index (χ4v) is 8.77. The van der Waals surface area contributed by atoms with Crippen LogP contribution in [0.25, 0.3) is 11.0 Å². The first kappa shape index (κ1) is 22.5. The van der Waals surface area contributed by atoms with Gasteiger partial charge in [-0.15, -0.1) is 0 Å². The molecule has 4 aliphatic rings. The summed E-state index contributed by atoms with van der Waals surface area (Å²) in [6.45, 7) is 2.52. The van der Waals surface area contributed by atoms with Crippen LogP contribution in [0.15, 0.2) is 18.5 Å². The van der Waals surface area contributed by atoms with E-state index in [0.29, 0.717) is 35.6 Å². The van der Waals surface area contributed by atoms with Crippen molar-refractivity contribution in [1.29, 1.82) is 0 Å². The number of rotatable bonds is 4. The number of aliphatic hydroxyl groups is 1. The summed E-state index contributed by atoms with van der Waals surface area (Å²) in [5, 5.41) is 19.3. The van der Waals surface area contributed by atoms with Crippen LogP contribution < -0.4 is 0 Å². The van der Waals surface area contributed by atoms with E-state index in [0.717, 1.165) is 44.0 Å². The van der Waals surface area contributed by atoms with Gasteiger partial charge in [0.1, 0.15) is 23.2 Å². The van der Waals surface area contributed by atoms with E-state index in [-0.39, 0.29) is 42.4 Å². The Hall–Kier alpha value is -1.96. The number of carbonyl (C=O) groups is 1. The number of aromatic nitrogens is 4. The number of fused-ring (bicyclic) bond motifs is 6. The molecule has 0 radical (unpaired) electrons. The molecule has 184 valence electrons. The average Bonchev–Trinajstić information content (AvgIpc) is 3.38. The Morgan fingerprint density at radius 3 is 2.68 bits per heavy atom. The van der Waals surface area contributed by atoms with E-state index in [4.69, 9.17) is 0 Å². The molecule has 6 rings (SSSR count). The van der Waals surface area contributed by atoms with Crippen LogP contribution in [0.1, 0.15) is 64.7 Å². The predicted octanol–water partition coefficient (Wildman–Crippen LogP) is 4.66. The minimum absolute atomic E-state index is 0.00239. The molecule has 8 atom stereocenters. The van der Waals surface area contributed by atoms with Crippen LogP contribution in [0.3, 0.4) is 0 Å². The number of hydrogen-bond donors (Lipinski definition) is 1. The monoisotopic (exact) mass is 472 g/mol. The summed E-state index contributed by atoms with van der Waals surface area (Å²) in [7, 11) is 0. The van der Waals surface area contributed by atoms with Gasteiger partial charge in [-0.1, -0.05) is 6.92 Å². The van der Waals surface area contributed by atoms with Gasteiger partial charge in [-0.2, -0.15) is 15.0 Å². The Morgan fingerprint density at radius 1 is 1.09 bits per heavy atom. The molecule has 6 nitrogen and oxygen atoms in total. The molecule has 0 unspecified atom stereocenters. The molecule has 0 bridgehead atoms. The van der Waals surface area contributed by atoms with Crippen molar-refractivity contribution in [2.45, 2.75) is 83.3 Å². The highest BCUT2D eigenvalue weighted by Gasteiger charge is 2.59. The van der Waals surface area contributed by atoms with Gasteiger partial charge >= 0.3 is 0 Å². The molecule has 2 heterocycles. The molecule has 2 aromatic heterocycles. The van der Waals surface area contributed by atoms with Crippen molar-refractivity contribution >= 4 is 16.8 Å². The fourth-order valence-electron chi connectivity index (χ4n) is 8.77. The van der Waals surface area contributed by atoms with Crippen LogP contribution in [-0.2, 0) is 11.3 Å². The molecule has 8 heteroatoms. The smallest absolute Gasteiger partial charge is 0.266 e. The first-order chi connectivity index (χ1) is 16.3. The van der Waals surface area contributed by atoms with Gasteiger partial charge in [0.2, 0.25) is 0 Å². The summed E-state index contributed by atoms with van der Waals surface area (Å²) in [5.74, 6) is 2.57. The quantitative estimate of drug-likeness (QED) is 0.700. The van der Waals surface area contributed by atoms with Crippen LogP contribution in [0.2, 0.25) is 0 Å². The second-order valence-corrected chi connectivity index (χ2v) is 11.8. The lowest BCUT2D eigenvalue weighted by Gasteiger charge is -2.57. The molecule has 0 saturated heterocycles. The minimum atomic E-state index is -2.65. The summed E-state index contributed by atoms with van der Waals surface area (Å²) >= 11 is 0. The number of Topliss-reactive ketones (excluding diaryl/α,β-unsaturated/α-hetero) is 1. The Morgan fingerprint density at radius 2 is 1.88 bits per heavy atom. The van der Waals surface area contributed by atoms with Gasteiger partial charge in [-0.3, -0.25) is 9.78 Å². The Bertz CT molecular complexity index is 1060. The average molecular weight is 473 g/mol. The topological polar surface area (TPSA) is 80.9 Å². The molecule has 4 saturated carbocycles. The maximum atomic E-state index is 13.5. The predicted molar refractivity (Wildman–Crippen MR) is 122 cm³/mol. The largest absolute Gasteiger partial charge is 0.384 e. The molecule has 2 aromatic rings. The number of carbonyl (C=O) groups excluding carboxylic acids is 1. The second kappa shape index (κ2) is 8.04. The molecule has 34 heavy (non-hydrogen) atoms. The van der Waals surface area contributed by atoms with Crippen molar-refractivity contribution in [3.8, 4) is 0 Å². The highest BCUT2D eigenvalue weighted by molar-refractivity contribution is 5.82. The molecule has 4 aliphatic carbocycles. The van der Waals surface area contributed by atoms with Gasteiger partial charge in [-0.05, 0) is 98.9 Å². The summed E-state index contributed by atoms with van der Waals surface area (Å²) in [6.07, 6.45) is 7.96. The van der Waals surface area contributed by atoms with Gasteiger partial charge in [0, 0.05) is 12.1 Å². The van der Waals surface area contributed by atoms with E-state index in [1.54, 1.807) is 18.5 Å². The molecule has 4 fully saturated rings. The standard InChI is InChI=1S/C26H34F2N4O2/c1-25-9-6-17-16-7-10-26(34,24(27)28)12-15(16)2-3-18(17)19(25)4-5-20(25)23(33)14-32-30-21-8-11-29-13-22(21)31-32/h8,11,13,15-20,24,34H,2-7,9-10,12,14H2,1H3/t15-,16+,17-,18-,19+,20-,25+,26-/m1/s1. The normalized spacial score (nSPS) is 41.8. The van der Waals surface area contributed by atoms with Gasteiger partial charge in [0.25, 0.3) is 6.43 Å². The highest BCUT2D eigenvalue weighted by atomic mass is 19.3. The first-order valence-corrected chi connectivity index (χ1v) is 13.0. The Labute approximate surface area is 198 Å². The van der Waals surface area contributed by atoms with Gasteiger partial charge in [-0.25, -0.2) is 8.78 Å². The van der Waals surface area contributed by atoms with E-state index < -0.39 is 12.0 Å². The summed E-state index contributed by atoms with van der Waals surface area (Å²) < 4.78 is 26.9. The van der Waals surface area contributed by atoms with E-state index >= 15 is 0 Å². The van der Waals surface area contributed by atoms with E-state index in [2.05, 4.69) is 22.1 Å². The zero-order chi connectivity index (χ0) is 23.7. The van der Waals surface area contributed by atoms with Gasteiger partial charge in [0.15, 0.2) is 5.78 Å². The molecular weight excluding hydrogens is 438 g/mol.